The lowest BCUT2D eigenvalue weighted by atomic mass is 10.8. The van der Waals surface area contributed by atoms with Crippen molar-refractivity contribution in [3.8, 4) is 0 Å². The van der Waals surface area contributed by atoms with E-state index in [4.69, 9.17) is 9.26 Å². The van der Waals surface area contributed by atoms with Crippen molar-refractivity contribution in [3.05, 3.63) is 0 Å². The molecule has 0 aromatic rings. The van der Waals surface area contributed by atoms with Gasteiger partial charge in [-0.05, 0) is 6.92 Å². The van der Waals surface area contributed by atoms with Gasteiger partial charge in [0.05, 0.1) is 0 Å². The Morgan fingerprint density at radius 1 is 1.44 bits per heavy atom. The molecule has 0 N–H and O–H groups in total. The second kappa shape index (κ2) is 3.35. The molecule has 0 bridgehead atoms. The van der Waals surface area contributed by atoms with E-state index in [1.54, 1.807) is 20.3 Å². The van der Waals surface area contributed by atoms with E-state index >= 15 is 0 Å². The Bertz CT molecular complexity index is 117. The largest absolute Gasteiger partial charge is 0.356 e. The fourth-order valence-electron chi connectivity index (χ4n) is 0.401. The third-order valence-electron chi connectivity index (χ3n) is 0.734. The second-order valence-electron chi connectivity index (χ2n) is 2.16. The van der Waals surface area contributed by atoms with Crippen LogP contribution in [-0.4, -0.2) is 26.7 Å². The fraction of sp³-hybridized carbons (Fsp3) is 1.00. The van der Waals surface area contributed by atoms with Gasteiger partial charge in [0.25, 0.3) is 0 Å². The van der Waals surface area contributed by atoms with Crippen molar-refractivity contribution in [1.29, 1.82) is 0 Å². The Labute approximate surface area is 55.8 Å². The van der Waals surface area contributed by atoms with Crippen LogP contribution >= 0.6 is 7.37 Å². The molecule has 4 heteroatoms. The molecule has 0 rings (SSSR count). The summed E-state index contributed by atoms with van der Waals surface area (Å²) in [5, 5.41) is 0. The average molecular weight is 152 g/mol. The molecular formula is C5H13O3P. The summed E-state index contributed by atoms with van der Waals surface area (Å²) in [6.45, 7) is 4.82. The summed E-state index contributed by atoms with van der Waals surface area (Å²) in [6, 6.07) is 0. The quantitative estimate of drug-likeness (QED) is 0.454. The van der Waals surface area contributed by atoms with E-state index in [0.717, 1.165) is 0 Å². The molecule has 0 saturated carbocycles. The van der Waals surface area contributed by atoms with Crippen LogP contribution in [0.2, 0.25) is 0 Å². The van der Waals surface area contributed by atoms with E-state index in [1.807, 2.05) is 0 Å². The van der Waals surface area contributed by atoms with Crippen LogP contribution in [0.25, 0.3) is 0 Å². The normalized spacial score (nSPS) is 15.6. The van der Waals surface area contributed by atoms with Gasteiger partial charge >= 0.3 is 0 Å². The van der Waals surface area contributed by atoms with Gasteiger partial charge in [0.15, 0.2) is 13.7 Å². The Balaban J connectivity index is 3.60. The number of ether oxygens (including phenoxy) is 1. The topological polar surface area (TPSA) is 35.5 Å². The summed E-state index contributed by atoms with van der Waals surface area (Å²) in [5.41, 5.74) is 0. The van der Waals surface area contributed by atoms with E-state index in [2.05, 4.69) is 0 Å². The zero-order chi connectivity index (χ0) is 7.49. The van der Waals surface area contributed by atoms with Crippen LogP contribution in [0.3, 0.4) is 0 Å². The highest BCUT2D eigenvalue weighted by molar-refractivity contribution is 7.57. The molecule has 0 aliphatic carbocycles. The van der Waals surface area contributed by atoms with Gasteiger partial charge in [0.2, 0.25) is 0 Å². The molecule has 0 spiro atoms. The van der Waals surface area contributed by atoms with Crippen LogP contribution < -0.4 is 0 Å². The molecule has 0 radical (unpaired) electrons. The monoisotopic (exact) mass is 152 g/mol. The van der Waals surface area contributed by atoms with Crippen molar-refractivity contribution in [2.45, 2.75) is 13.2 Å². The van der Waals surface area contributed by atoms with Gasteiger partial charge in [-0.15, -0.1) is 0 Å². The standard InChI is InChI=1S/C5H13O3P/c1-5(7-2)8-9(3,4)6/h5H,1-4H3. The van der Waals surface area contributed by atoms with Crippen molar-refractivity contribution in [2.24, 2.45) is 0 Å². The third-order valence-corrected chi connectivity index (χ3v) is 1.54. The van der Waals surface area contributed by atoms with Crippen LogP contribution in [0.1, 0.15) is 6.92 Å². The van der Waals surface area contributed by atoms with Gasteiger partial charge in [-0.1, -0.05) is 0 Å². The van der Waals surface area contributed by atoms with Gasteiger partial charge in [0, 0.05) is 20.4 Å². The van der Waals surface area contributed by atoms with Crippen LogP contribution in [0.5, 0.6) is 0 Å². The van der Waals surface area contributed by atoms with Crippen LogP contribution in [0.4, 0.5) is 0 Å². The maximum absolute atomic E-state index is 10.9. The number of rotatable bonds is 3. The van der Waals surface area contributed by atoms with Gasteiger partial charge in [-0.3, -0.25) is 9.09 Å². The highest BCUT2D eigenvalue weighted by Gasteiger charge is 2.11. The van der Waals surface area contributed by atoms with Crippen molar-refractivity contribution in [2.75, 3.05) is 20.4 Å². The smallest absolute Gasteiger partial charge is 0.199 e. The van der Waals surface area contributed by atoms with Gasteiger partial charge < -0.3 is 4.74 Å². The lowest BCUT2D eigenvalue weighted by molar-refractivity contribution is -0.0352. The Hall–Kier alpha value is 0.150. The molecule has 3 nitrogen and oxygen atoms in total. The summed E-state index contributed by atoms with van der Waals surface area (Å²) in [7, 11) is -0.849. The van der Waals surface area contributed by atoms with Gasteiger partial charge in [-0.2, -0.15) is 0 Å². The molecule has 56 valence electrons. The van der Waals surface area contributed by atoms with E-state index in [9.17, 15) is 4.57 Å². The summed E-state index contributed by atoms with van der Waals surface area (Å²) in [6.07, 6.45) is -0.370. The minimum absolute atomic E-state index is 0.370. The molecular weight excluding hydrogens is 139 g/mol. The Morgan fingerprint density at radius 3 is 2.00 bits per heavy atom. The van der Waals surface area contributed by atoms with E-state index in [0.29, 0.717) is 0 Å². The second-order valence-corrected chi connectivity index (χ2v) is 4.88. The molecule has 0 aromatic heterocycles. The molecule has 0 aromatic carbocycles. The molecule has 9 heavy (non-hydrogen) atoms. The molecule has 0 heterocycles. The highest BCUT2D eigenvalue weighted by Crippen LogP contribution is 2.38. The molecule has 0 aliphatic heterocycles. The van der Waals surface area contributed by atoms with Gasteiger partial charge in [-0.25, -0.2) is 0 Å². The molecule has 0 fully saturated rings. The zero-order valence-electron chi connectivity index (χ0n) is 6.25. The van der Waals surface area contributed by atoms with E-state index in [-0.39, 0.29) is 6.29 Å². The molecule has 0 amide bonds. The highest BCUT2D eigenvalue weighted by atomic mass is 31.2. The van der Waals surface area contributed by atoms with Crippen molar-refractivity contribution in [3.63, 3.8) is 0 Å². The predicted molar refractivity (Wildman–Crippen MR) is 37.0 cm³/mol. The van der Waals surface area contributed by atoms with Crippen molar-refractivity contribution < 1.29 is 13.8 Å². The Morgan fingerprint density at radius 2 is 1.89 bits per heavy atom. The molecule has 1 unspecified atom stereocenters. The number of hydrogen-bond acceptors (Lipinski definition) is 3. The summed E-state index contributed by atoms with van der Waals surface area (Å²) in [5.74, 6) is 0. The Kier molecular flexibility index (Phi) is 3.41. The third kappa shape index (κ3) is 6.03. The van der Waals surface area contributed by atoms with Crippen molar-refractivity contribution in [1.82, 2.24) is 0 Å². The zero-order valence-corrected chi connectivity index (χ0v) is 7.14. The summed E-state index contributed by atoms with van der Waals surface area (Å²) >= 11 is 0. The summed E-state index contributed by atoms with van der Waals surface area (Å²) < 4.78 is 20.5. The van der Waals surface area contributed by atoms with Crippen LogP contribution in [0.15, 0.2) is 0 Å². The average Bonchev–Trinajstić information content (AvgIpc) is 1.62. The van der Waals surface area contributed by atoms with E-state index in [1.165, 1.54) is 7.11 Å². The lowest BCUT2D eigenvalue weighted by Gasteiger charge is -2.13. The first-order valence-electron chi connectivity index (χ1n) is 2.72. The SMILES string of the molecule is COC(C)OP(C)(C)=O. The predicted octanol–water partition coefficient (Wildman–Crippen LogP) is 1.53. The first-order chi connectivity index (χ1) is 3.95. The first kappa shape index (κ1) is 9.15. The first-order valence-corrected chi connectivity index (χ1v) is 5.24. The van der Waals surface area contributed by atoms with Gasteiger partial charge in [0.1, 0.15) is 0 Å². The minimum Gasteiger partial charge on any atom is -0.356 e. The number of methoxy groups -OCH3 is 1. The van der Waals surface area contributed by atoms with Crippen molar-refractivity contribution >= 4 is 7.37 Å². The molecule has 0 aliphatic rings. The lowest BCUT2D eigenvalue weighted by Crippen LogP contribution is -2.07. The molecule has 0 saturated heterocycles. The minimum atomic E-state index is -2.36. The summed E-state index contributed by atoms with van der Waals surface area (Å²) in [4.78, 5) is 0. The fourth-order valence-corrected chi connectivity index (χ4v) is 1.20. The number of hydrogen-bond donors (Lipinski definition) is 0. The van der Waals surface area contributed by atoms with E-state index < -0.39 is 7.37 Å². The van der Waals surface area contributed by atoms with Crippen LogP contribution in [0, 0.1) is 0 Å². The van der Waals surface area contributed by atoms with Crippen LogP contribution in [-0.2, 0) is 13.8 Å². The maximum atomic E-state index is 10.9. The maximum Gasteiger partial charge on any atom is 0.199 e. The molecule has 1 atom stereocenters.